The third-order valence-electron chi connectivity index (χ3n) is 4.36. The molecule has 0 saturated carbocycles. The summed E-state index contributed by atoms with van der Waals surface area (Å²) in [4.78, 5) is 24.4. The fourth-order valence-electron chi connectivity index (χ4n) is 2.60. The minimum atomic E-state index is -0.823. The summed E-state index contributed by atoms with van der Waals surface area (Å²) in [6, 6.07) is 13.6. The summed E-state index contributed by atoms with van der Waals surface area (Å²) in [6.07, 6.45) is 2.47. The summed E-state index contributed by atoms with van der Waals surface area (Å²) in [5, 5.41) is 12.5. The van der Waals surface area contributed by atoms with Crippen LogP contribution in [0.15, 0.2) is 48.0 Å². The first-order valence-corrected chi connectivity index (χ1v) is 10.4. The molecule has 0 fully saturated rings. The predicted molar refractivity (Wildman–Crippen MR) is 120 cm³/mol. The van der Waals surface area contributed by atoms with E-state index in [-0.39, 0.29) is 5.57 Å². The monoisotopic (exact) mass is 440 g/mol. The van der Waals surface area contributed by atoms with E-state index in [0.717, 1.165) is 18.4 Å². The van der Waals surface area contributed by atoms with Gasteiger partial charge in [-0.1, -0.05) is 37.1 Å². The standard InChI is InChI=1S/C24H25ClN2O4/c1-4-5-12-27-23(28)19(15-26)14-18-6-9-21(10-7-18)31-24(29)17(3)30-22-11-8-20(25)13-16(22)2/h6-11,13-14,17H,4-5,12H2,1-3H3,(H,27,28)/b19-14+. The zero-order chi connectivity index (χ0) is 22.8. The van der Waals surface area contributed by atoms with E-state index in [0.29, 0.717) is 28.6 Å². The number of carbonyl (C=O) groups is 2. The molecule has 2 aromatic carbocycles. The van der Waals surface area contributed by atoms with Gasteiger partial charge >= 0.3 is 5.97 Å². The Balaban J connectivity index is 1.98. The van der Waals surface area contributed by atoms with E-state index in [1.165, 1.54) is 6.08 Å². The number of nitrogens with one attached hydrogen (secondary N) is 1. The molecular weight excluding hydrogens is 416 g/mol. The predicted octanol–water partition coefficient (Wildman–Crippen LogP) is 4.84. The van der Waals surface area contributed by atoms with Crippen LogP contribution in [0.1, 0.15) is 37.8 Å². The van der Waals surface area contributed by atoms with Gasteiger partial charge in [-0.2, -0.15) is 5.26 Å². The molecule has 0 aliphatic rings. The fraction of sp³-hybridized carbons (Fsp3) is 0.292. The van der Waals surface area contributed by atoms with Crippen molar-refractivity contribution in [3.05, 3.63) is 64.2 Å². The van der Waals surface area contributed by atoms with Gasteiger partial charge in [0.2, 0.25) is 0 Å². The first kappa shape index (κ1) is 24.0. The molecule has 0 saturated heterocycles. The number of amides is 1. The van der Waals surface area contributed by atoms with Crippen molar-refractivity contribution in [1.29, 1.82) is 5.26 Å². The number of carbonyl (C=O) groups excluding carboxylic acids is 2. The number of halogens is 1. The van der Waals surface area contributed by atoms with Crippen molar-refractivity contribution in [2.24, 2.45) is 0 Å². The van der Waals surface area contributed by atoms with Crippen LogP contribution in [0.4, 0.5) is 0 Å². The minimum absolute atomic E-state index is 0.0150. The van der Waals surface area contributed by atoms with Crippen LogP contribution in [0, 0.1) is 18.3 Å². The largest absolute Gasteiger partial charge is 0.479 e. The number of aryl methyl sites for hydroxylation is 1. The van der Waals surface area contributed by atoms with Crippen molar-refractivity contribution in [3.63, 3.8) is 0 Å². The molecule has 0 aliphatic carbocycles. The average Bonchev–Trinajstić information content (AvgIpc) is 2.75. The number of ether oxygens (including phenoxy) is 2. The number of nitriles is 1. The second-order valence-electron chi connectivity index (χ2n) is 6.94. The molecule has 1 N–H and O–H groups in total. The molecule has 2 aromatic rings. The summed E-state index contributed by atoms with van der Waals surface area (Å²) in [7, 11) is 0. The van der Waals surface area contributed by atoms with Gasteiger partial charge in [0, 0.05) is 11.6 Å². The van der Waals surface area contributed by atoms with Crippen molar-refractivity contribution in [2.45, 2.75) is 39.7 Å². The van der Waals surface area contributed by atoms with Crippen LogP contribution in [-0.4, -0.2) is 24.5 Å². The van der Waals surface area contributed by atoms with Gasteiger partial charge in [-0.25, -0.2) is 4.79 Å². The van der Waals surface area contributed by atoms with Crippen LogP contribution in [0.5, 0.6) is 11.5 Å². The quantitative estimate of drug-likeness (QED) is 0.198. The summed E-state index contributed by atoms with van der Waals surface area (Å²) in [6.45, 7) is 5.99. The molecule has 0 aliphatic heterocycles. The van der Waals surface area contributed by atoms with Gasteiger partial charge in [0.05, 0.1) is 0 Å². The lowest BCUT2D eigenvalue weighted by atomic mass is 10.1. The zero-order valence-corrected chi connectivity index (χ0v) is 18.5. The first-order chi connectivity index (χ1) is 14.8. The molecule has 162 valence electrons. The highest BCUT2D eigenvalue weighted by atomic mass is 35.5. The molecule has 0 heterocycles. The van der Waals surface area contributed by atoms with E-state index < -0.39 is 18.0 Å². The van der Waals surface area contributed by atoms with E-state index >= 15 is 0 Å². The van der Waals surface area contributed by atoms with Crippen LogP contribution in [0.25, 0.3) is 6.08 Å². The maximum Gasteiger partial charge on any atom is 0.352 e. The second kappa shape index (κ2) is 11.8. The van der Waals surface area contributed by atoms with Gasteiger partial charge in [0.1, 0.15) is 23.1 Å². The summed E-state index contributed by atoms with van der Waals surface area (Å²) in [5.74, 6) is -0.0764. The Hall–Kier alpha value is -3.30. The molecule has 6 nitrogen and oxygen atoms in total. The van der Waals surface area contributed by atoms with E-state index in [1.807, 2.05) is 19.9 Å². The molecule has 1 unspecified atom stereocenters. The first-order valence-electron chi connectivity index (χ1n) is 9.98. The second-order valence-corrected chi connectivity index (χ2v) is 7.38. The minimum Gasteiger partial charge on any atom is -0.479 e. The molecule has 0 radical (unpaired) electrons. The van der Waals surface area contributed by atoms with E-state index in [2.05, 4.69) is 5.32 Å². The smallest absolute Gasteiger partial charge is 0.352 e. The van der Waals surface area contributed by atoms with E-state index in [1.54, 1.807) is 49.4 Å². The molecule has 7 heteroatoms. The molecule has 1 atom stereocenters. The third-order valence-corrected chi connectivity index (χ3v) is 4.60. The number of rotatable bonds is 9. The highest BCUT2D eigenvalue weighted by Gasteiger charge is 2.18. The Labute approximate surface area is 187 Å². The maximum absolute atomic E-state index is 12.3. The zero-order valence-electron chi connectivity index (χ0n) is 17.8. The van der Waals surface area contributed by atoms with E-state index in [9.17, 15) is 14.9 Å². The van der Waals surface area contributed by atoms with Crippen LogP contribution >= 0.6 is 11.6 Å². The van der Waals surface area contributed by atoms with Crippen molar-refractivity contribution in [2.75, 3.05) is 6.54 Å². The number of hydrogen-bond acceptors (Lipinski definition) is 5. The molecule has 0 bridgehead atoms. The molecule has 0 aromatic heterocycles. The van der Waals surface area contributed by atoms with Gasteiger partial charge in [-0.3, -0.25) is 4.79 Å². The van der Waals surface area contributed by atoms with E-state index in [4.69, 9.17) is 21.1 Å². The third kappa shape index (κ3) is 7.47. The van der Waals surface area contributed by atoms with Crippen molar-refractivity contribution in [1.82, 2.24) is 5.32 Å². The Bertz CT molecular complexity index is 994. The van der Waals surface area contributed by atoms with Gasteiger partial charge in [-0.05, 0) is 67.8 Å². The summed E-state index contributed by atoms with van der Waals surface area (Å²) < 4.78 is 11.0. The van der Waals surface area contributed by atoms with Crippen molar-refractivity contribution in [3.8, 4) is 17.6 Å². The SMILES string of the molecule is CCCCNC(=O)/C(C#N)=C/c1ccc(OC(=O)C(C)Oc2ccc(Cl)cc2C)cc1. The maximum atomic E-state index is 12.3. The number of unbranched alkanes of at least 4 members (excludes halogenated alkanes) is 1. The van der Waals surface area contributed by atoms with Crippen LogP contribution < -0.4 is 14.8 Å². The average molecular weight is 441 g/mol. The fourth-order valence-corrected chi connectivity index (χ4v) is 2.83. The number of nitrogens with zero attached hydrogens (tertiary/aromatic N) is 1. The Morgan fingerprint density at radius 1 is 1.23 bits per heavy atom. The molecule has 31 heavy (non-hydrogen) atoms. The molecule has 1 amide bonds. The summed E-state index contributed by atoms with van der Waals surface area (Å²) in [5.41, 5.74) is 1.47. The molecule has 0 spiro atoms. The number of benzene rings is 2. The lowest BCUT2D eigenvalue weighted by molar-refractivity contribution is -0.141. The topological polar surface area (TPSA) is 88.4 Å². The van der Waals surface area contributed by atoms with Crippen LogP contribution in [0.3, 0.4) is 0 Å². The van der Waals surface area contributed by atoms with Gasteiger partial charge in [0.15, 0.2) is 6.10 Å². The van der Waals surface area contributed by atoms with Crippen molar-refractivity contribution >= 4 is 29.6 Å². The number of hydrogen-bond donors (Lipinski definition) is 1. The van der Waals surface area contributed by atoms with Gasteiger partial charge in [-0.15, -0.1) is 0 Å². The van der Waals surface area contributed by atoms with Crippen LogP contribution in [0.2, 0.25) is 5.02 Å². The lowest BCUT2D eigenvalue weighted by Crippen LogP contribution is -2.28. The van der Waals surface area contributed by atoms with Crippen molar-refractivity contribution < 1.29 is 19.1 Å². The molecular formula is C24H25ClN2O4. The highest BCUT2D eigenvalue weighted by Crippen LogP contribution is 2.23. The Morgan fingerprint density at radius 2 is 1.94 bits per heavy atom. The van der Waals surface area contributed by atoms with Crippen LogP contribution in [-0.2, 0) is 9.59 Å². The lowest BCUT2D eigenvalue weighted by Gasteiger charge is -2.15. The normalized spacial score (nSPS) is 11.9. The highest BCUT2D eigenvalue weighted by molar-refractivity contribution is 6.30. The van der Waals surface area contributed by atoms with Gasteiger partial charge < -0.3 is 14.8 Å². The Kier molecular flexibility index (Phi) is 9.11. The molecule has 2 rings (SSSR count). The van der Waals surface area contributed by atoms with Gasteiger partial charge in [0.25, 0.3) is 5.91 Å². The number of esters is 1. The summed E-state index contributed by atoms with van der Waals surface area (Å²) >= 11 is 5.93. The Morgan fingerprint density at radius 3 is 2.55 bits per heavy atom.